The highest BCUT2D eigenvalue weighted by Crippen LogP contribution is 2.13. The summed E-state index contributed by atoms with van der Waals surface area (Å²) in [5, 5.41) is 3.16. The number of rotatable bonds is 0. The van der Waals surface area contributed by atoms with Crippen molar-refractivity contribution in [2.24, 2.45) is 0 Å². The molecule has 5 heteroatoms. The largest absolute Gasteiger partial charge is 0.383 e. The zero-order valence-corrected chi connectivity index (χ0v) is 6.55. The molecule has 0 saturated carbocycles. The van der Waals surface area contributed by atoms with Gasteiger partial charge in [0, 0.05) is 30.8 Å². The van der Waals surface area contributed by atoms with Crippen LogP contribution in [0.15, 0.2) is 4.79 Å². The first-order valence-electron chi connectivity index (χ1n) is 3.85. The van der Waals surface area contributed by atoms with Crippen LogP contribution in [0, 0.1) is 0 Å². The number of nitrogens with zero attached hydrogens (tertiary/aromatic N) is 1. The van der Waals surface area contributed by atoms with Gasteiger partial charge in [-0.15, -0.1) is 0 Å². The number of H-pyrrole nitrogens is 1. The van der Waals surface area contributed by atoms with Crippen molar-refractivity contribution in [1.29, 1.82) is 0 Å². The van der Waals surface area contributed by atoms with Crippen LogP contribution in [0.25, 0.3) is 0 Å². The Morgan fingerprint density at radius 2 is 2.33 bits per heavy atom. The lowest BCUT2D eigenvalue weighted by Crippen LogP contribution is -2.29. The van der Waals surface area contributed by atoms with Gasteiger partial charge < -0.3 is 16.0 Å². The van der Waals surface area contributed by atoms with Crippen molar-refractivity contribution in [2.75, 3.05) is 12.3 Å². The van der Waals surface area contributed by atoms with E-state index in [2.05, 4.69) is 15.3 Å². The smallest absolute Gasteiger partial charge is 0.347 e. The van der Waals surface area contributed by atoms with Crippen molar-refractivity contribution in [3.63, 3.8) is 0 Å². The first-order chi connectivity index (χ1) is 5.77. The molecule has 1 aromatic rings. The molecular weight excluding hydrogens is 156 g/mol. The van der Waals surface area contributed by atoms with Crippen molar-refractivity contribution in [1.82, 2.24) is 15.3 Å². The summed E-state index contributed by atoms with van der Waals surface area (Å²) in [4.78, 5) is 17.2. The highest BCUT2D eigenvalue weighted by atomic mass is 16.1. The minimum Gasteiger partial charge on any atom is -0.383 e. The fourth-order valence-corrected chi connectivity index (χ4v) is 1.40. The number of aromatic amines is 1. The Labute approximate surface area is 69.0 Å². The number of hydrogen-bond donors (Lipinski definition) is 3. The number of hydrogen-bond acceptors (Lipinski definition) is 4. The second-order valence-electron chi connectivity index (χ2n) is 2.81. The molecule has 1 aromatic heterocycles. The van der Waals surface area contributed by atoms with Gasteiger partial charge in [-0.25, -0.2) is 4.79 Å². The van der Waals surface area contributed by atoms with Gasteiger partial charge >= 0.3 is 5.69 Å². The van der Waals surface area contributed by atoms with Crippen LogP contribution in [0.2, 0.25) is 0 Å². The molecule has 0 unspecified atom stereocenters. The molecule has 0 saturated heterocycles. The van der Waals surface area contributed by atoms with E-state index in [4.69, 9.17) is 5.73 Å². The van der Waals surface area contributed by atoms with Crippen LogP contribution < -0.4 is 16.7 Å². The lowest BCUT2D eigenvalue weighted by molar-refractivity contribution is 0.625. The molecule has 0 fully saturated rings. The summed E-state index contributed by atoms with van der Waals surface area (Å²) in [6.07, 6.45) is 0.817. The molecule has 2 heterocycles. The van der Waals surface area contributed by atoms with Gasteiger partial charge in [0.15, 0.2) is 0 Å². The Kier molecular flexibility index (Phi) is 1.58. The van der Waals surface area contributed by atoms with E-state index in [0.29, 0.717) is 12.4 Å². The summed E-state index contributed by atoms with van der Waals surface area (Å²) in [6, 6.07) is 0. The van der Waals surface area contributed by atoms with Gasteiger partial charge in [-0.3, -0.25) is 0 Å². The van der Waals surface area contributed by atoms with E-state index >= 15 is 0 Å². The Morgan fingerprint density at radius 3 is 3.17 bits per heavy atom. The molecule has 1 aliphatic rings. The van der Waals surface area contributed by atoms with E-state index in [1.807, 2.05) is 0 Å². The van der Waals surface area contributed by atoms with Gasteiger partial charge in [0.1, 0.15) is 5.82 Å². The van der Waals surface area contributed by atoms with E-state index < -0.39 is 0 Å². The third kappa shape index (κ3) is 1.08. The second-order valence-corrected chi connectivity index (χ2v) is 2.81. The van der Waals surface area contributed by atoms with Gasteiger partial charge in [-0.2, -0.15) is 4.98 Å². The molecule has 1 aliphatic heterocycles. The summed E-state index contributed by atoms with van der Waals surface area (Å²) in [6.45, 7) is 1.58. The maximum atomic E-state index is 10.9. The van der Waals surface area contributed by atoms with Crippen molar-refractivity contribution in [3.8, 4) is 0 Å². The van der Waals surface area contributed by atoms with Gasteiger partial charge in [-0.1, -0.05) is 0 Å². The molecule has 0 spiro atoms. The molecule has 0 atom stereocenters. The quantitative estimate of drug-likeness (QED) is 0.461. The SMILES string of the molecule is Nc1nc(=O)[nH]c2c1CNCC2. The van der Waals surface area contributed by atoms with Gasteiger partial charge in [0.25, 0.3) is 0 Å². The summed E-state index contributed by atoms with van der Waals surface area (Å²) < 4.78 is 0. The Bertz CT molecular complexity index is 357. The molecule has 0 amide bonds. The average Bonchev–Trinajstić information content (AvgIpc) is 2.04. The molecule has 2 rings (SSSR count). The van der Waals surface area contributed by atoms with Crippen LogP contribution in [0.5, 0.6) is 0 Å². The lowest BCUT2D eigenvalue weighted by Gasteiger charge is -2.16. The standard InChI is InChI=1S/C7H10N4O/c8-6-4-3-9-2-1-5(4)10-7(12)11-6/h9H,1-3H2,(H3,8,10,11,12). The maximum absolute atomic E-state index is 10.9. The number of aromatic nitrogens is 2. The van der Waals surface area contributed by atoms with Crippen LogP contribution >= 0.6 is 0 Å². The van der Waals surface area contributed by atoms with Crippen LogP contribution in [-0.2, 0) is 13.0 Å². The van der Waals surface area contributed by atoms with E-state index in [1.165, 1.54) is 0 Å². The Balaban J connectivity index is 2.60. The highest BCUT2D eigenvalue weighted by Gasteiger charge is 2.12. The second kappa shape index (κ2) is 2.60. The van der Waals surface area contributed by atoms with Gasteiger partial charge in [0.2, 0.25) is 0 Å². The zero-order valence-electron chi connectivity index (χ0n) is 6.55. The van der Waals surface area contributed by atoms with E-state index in [-0.39, 0.29) is 5.69 Å². The first-order valence-corrected chi connectivity index (χ1v) is 3.85. The molecule has 0 aliphatic carbocycles. The Morgan fingerprint density at radius 1 is 1.50 bits per heavy atom. The predicted molar refractivity (Wildman–Crippen MR) is 44.7 cm³/mol. The molecule has 0 radical (unpaired) electrons. The summed E-state index contributed by atoms with van der Waals surface area (Å²) in [5.74, 6) is 0.348. The minimum absolute atomic E-state index is 0.348. The average molecular weight is 166 g/mol. The zero-order chi connectivity index (χ0) is 8.55. The van der Waals surface area contributed by atoms with E-state index in [1.54, 1.807) is 0 Å². The first kappa shape index (κ1) is 7.30. The highest BCUT2D eigenvalue weighted by molar-refractivity contribution is 5.42. The topological polar surface area (TPSA) is 83.8 Å². The molecule has 12 heavy (non-hydrogen) atoms. The van der Waals surface area contributed by atoms with Crippen LogP contribution in [0.3, 0.4) is 0 Å². The molecule has 4 N–H and O–H groups in total. The molecule has 0 aromatic carbocycles. The lowest BCUT2D eigenvalue weighted by atomic mass is 10.1. The maximum Gasteiger partial charge on any atom is 0.347 e. The summed E-state index contributed by atoms with van der Waals surface area (Å²) in [7, 11) is 0. The van der Waals surface area contributed by atoms with Crippen LogP contribution in [0.1, 0.15) is 11.3 Å². The number of nitrogens with one attached hydrogen (secondary N) is 2. The van der Waals surface area contributed by atoms with Crippen molar-refractivity contribution in [3.05, 3.63) is 21.7 Å². The Hall–Kier alpha value is -1.36. The minimum atomic E-state index is -0.354. The van der Waals surface area contributed by atoms with E-state index in [0.717, 1.165) is 24.2 Å². The van der Waals surface area contributed by atoms with Gasteiger partial charge in [-0.05, 0) is 0 Å². The summed E-state index contributed by atoms with van der Waals surface area (Å²) >= 11 is 0. The predicted octanol–water partition coefficient (Wildman–Crippen LogP) is -1.00. The molecule has 5 nitrogen and oxygen atoms in total. The molecule has 0 bridgehead atoms. The van der Waals surface area contributed by atoms with Gasteiger partial charge in [0.05, 0.1) is 0 Å². The third-order valence-electron chi connectivity index (χ3n) is 2.01. The normalized spacial score (nSPS) is 15.7. The van der Waals surface area contributed by atoms with Crippen LogP contribution in [-0.4, -0.2) is 16.5 Å². The van der Waals surface area contributed by atoms with Crippen molar-refractivity contribution < 1.29 is 0 Å². The monoisotopic (exact) mass is 166 g/mol. The van der Waals surface area contributed by atoms with Crippen LogP contribution in [0.4, 0.5) is 5.82 Å². The number of nitrogen functional groups attached to an aromatic ring is 1. The summed E-state index contributed by atoms with van der Waals surface area (Å²) in [5.41, 5.74) is 7.07. The number of nitrogens with two attached hydrogens (primary N) is 1. The fourth-order valence-electron chi connectivity index (χ4n) is 1.40. The molecular formula is C7H10N4O. The fraction of sp³-hybridized carbons (Fsp3) is 0.429. The third-order valence-corrected chi connectivity index (χ3v) is 2.01. The number of fused-ring (bicyclic) bond motifs is 1. The van der Waals surface area contributed by atoms with Crippen molar-refractivity contribution in [2.45, 2.75) is 13.0 Å². The number of anilines is 1. The van der Waals surface area contributed by atoms with E-state index in [9.17, 15) is 4.79 Å². The molecule has 64 valence electrons. The van der Waals surface area contributed by atoms with Crippen molar-refractivity contribution >= 4 is 5.82 Å².